The minimum Gasteiger partial charge on any atom is -0.508 e. The third-order valence-electron chi connectivity index (χ3n) is 6.15. The molecule has 34 heavy (non-hydrogen) atoms. The molecule has 0 spiro atoms. The van der Waals surface area contributed by atoms with Crippen LogP contribution in [-0.4, -0.2) is 41.0 Å². The van der Waals surface area contributed by atoms with E-state index in [4.69, 9.17) is 11.6 Å². The van der Waals surface area contributed by atoms with Crippen LogP contribution in [0.25, 0.3) is 0 Å². The molecule has 0 radical (unpaired) electrons. The molecule has 3 amide bonds. The number of hydrogen-bond donors (Lipinski definition) is 5. The normalized spacial score (nSPS) is 15.7. The van der Waals surface area contributed by atoms with Crippen molar-refractivity contribution in [2.75, 3.05) is 7.05 Å². The number of phenols is 2. The van der Waals surface area contributed by atoms with Crippen molar-refractivity contribution in [3.63, 3.8) is 0 Å². The molecule has 8 nitrogen and oxygen atoms in total. The van der Waals surface area contributed by atoms with Crippen LogP contribution in [0.15, 0.2) is 42.5 Å². The van der Waals surface area contributed by atoms with Gasteiger partial charge in [-0.3, -0.25) is 14.4 Å². The Balaban J connectivity index is 1.81. The highest BCUT2D eigenvalue weighted by atomic mass is 35.5. The number of likely N-dealkylation sites (N-methyl/N-ethyl adjacent to an activating group) is 1. The van der Waals surface area contributed by atoms with Gasteiger partial charge < -0.3 is 26.2 Å². The first kappa shape index (κ1) is 25.4. The lowest BCUT2D eigenvalue weighted by atomic mass is 9.84. The summed E-state index contributed by atoms with van der Waals surface area (Å²) in [4.78, 5) is 38.8. The first-order valence-corrected chi connectivity index (χ1v) is 11.8. The molecule has 1 aliphatic carbocycles. The molecule has 0 saturated heterocycles. The molecular weight excluding hydrogens is 458 g/mol. The van der Waals surface area contributed by atoms with Crippen molar-refractivity contribution in [2.24, 2.45) is 5.92 Å². The average molecular weight is 488 g/mol. The summed E-state index contributed by atoms with van der Waals surface area (Å²) in [5.74, 6) is -1.23. The number of benzene rings is 2. The van der Waals surface area contributed by atoms with Gasteiger partial charge in [0.15, 0.2) is 0 Å². The van der Waals surface area contributed by atoms with Crippen molar-refractivity contribution >= 4 is 29.3 Å². The molecule has 1 saturated carbocycles. The minimum atomic E-state index is -0.994. The lowest BCUT2D eigenvalue weighted by Crippen LogP contribution is -2.50. The van der Waals surface area contributed by atoms with E-state index in [0.717, 1.165) is 32.1 Å². The zero-order valence-corrected chi connectivity index (χ0v) is 19.8. The number of nitrogens with one attached hydrogen (secondary N) is 3. The maximum atomic E-state index is 13.4. The minimum absolute atomic E-state index is 0.0351. The van der Waals surface area contributed by atoms with Gasteiger partial charge in [-0.2, -0.15) is 0 Å². The zero-order valence-electron chi connectivity index (χ0n) is 19.0. The number of rotatable bonds is 8. The summed E-state index contributed by atoms with van der Waals surface area (Å²) < 4.78 is 0. The number of phenolic OH excluding ortho intramolecular Hbond substituents is 2. The molecule has 0 aliphatic heterocycles. The van der Waals surface area contributed by atoms with Crippen LogP contribution in [0.3, 0.4) is 0 Å². The quantitative estimate of drug-likeness (QED) is 0.390. The van der Waals surface area contributed by atoms with Crippen molar-refractivity contribution in [1.29, 1.82) is 0 Å². The first-order chi connectivity index (χ1) is 16.3. The maximum Gasteiger partial charge on any atom is 0.251 e. The molecule has 0 unspecified atom stereocenters. The van der Waals surface area contributed by atoms with Crippen LogP contribution in [0.2, 0.25) is 5.02 Å². The van der Waals surface area contributed by atoms with Gasteiger partial charge in [0.25, 0.3) is 5.91 Å². The fourth-order valence-corrected chi connectivity index (χ4v) is 4.41. The highest BCUT2D eigenvalue weighted by Gasteiger charge is 2.30. The van der Waals surface area contributed by atoms with E-state index in [1.165, 1.54) is 37.4 Å². The summed E-state index contributed by atoms with van der Waals surface area (Å²) in [7, 11) is 1.47. The third-order valence-corrected chi connectivity index (χ3v) is 6.45. The molecule has 182 valence electrons. The average Bonchev–Trinajstić information content (AvgIpc) is 2.84. The summed E-state index contributed by atoms with van der Waals surface area (Å²) in [5.41, 5.74) is 0.712. The topological polar surface area (TPSA) is 128 Å². The van der Waals surface area contributed by atoms with E-state index in [-0.39, 0.29) is 28.0 Å². The van der Waals surface area contributed by atoms with Gasteiger partial charge in [0.05, 0.1) is 5.02 Å². The molecule has 1 fully saturated rings. The fraction of sp³-hybridized carbons (Fsp3) is 0.400. The van der Waals surface area contributed by atoms with Crippen LogP contribution >= 0.6 is 11.6 Å². The predicted molar refractivity (Wildman–Crippen MR) is 129 cm³/mol. The molecular formula is C25H30ClN3O5. The van der Waals surface area contributed by atoms with Crippen LogP contribution in [0, 0.1) is 5.92 Å². The van der Waals surface area contributed by atoms with Gasteiger partial charge >= 0.3 is 0 Å². The molecule has 9 heteroatoms. The summed E-state index contributed by atoms with van der Waals surface area (Å²) in [6.45, 7) is 0. The fourth-order valence-electron chi connectivity index (χ4n) is 4.23. The summed E-state index contributed by atoms with van der Waals surface area (Å²) in [5, 5.41) is 27.3. The monoisotopic (exact) mass is 487 g/mol. The largest absolute Gasteiger partial charge is 0.508 e. The van der Waals surface area contributed by atoms with Gasteiger partial charge in [-0.15, -0.1) is 0 Å². The summed E-state index contributed by atoms with van der Waals surface area (Å²) in [6, 6.07) is 8.22. The van der Waals surface area contributed by atoms with E-state index in [1.54, 1.807) is 12.1 Å². The second-order valence-corrected chi connectivity index (χ2v) is 8.99. The molecule has 2 aromatic carbocycles. The molecule has 0 aromatic heterocycles. The second kappa shape index (κ2) is 11.7. The highest BCUT2D eigenvalue weighted by molar-refractivity contribution is 6.32. The van der Waals surface area contributed by atoms with Gasteiger partial charge in [0.2, 0.25) is 11.8 Å². The molecule has 5 N–H and O–H groups in total. The Labute approximate surface area is 203 Å². The number of aromatic hydroxyl groups is 2. The number of carbonyl (C=O) groups excluding carboxylic acids is 3. The van der Waals surface area contributed by atoms with Crippen LogP contribution in [0.5, 0.6) is 11.5 Å². The van der Waals surface area contributed by atoms with Gasteiger partial charge in [-0.25, -0.2) is 0 Å². The van der Waals surface area contributed by atoms with E-state index in [1.807, 2.05) is 0 Å². The number of hydrogen-bond acceptors (Lipinski definition) is 5. The van der Waals surface area contributed by atoms with E-state index < -0.39 is 29.8 Å². The highest BCUT2D eigenvalue weighted by Crippen LogP contribution is 2.28. The van der Waals surface area contributed by atoms with Gasteiger partial charge in [-0.05, 0) is 48.2 Å². The lowest BCUT2D eigenvalue weighted by Gasteiger charge is -2.28. The molecule has 0 heterocycles. The standard InChI is InChI=1S/C25H30ClN3O5/c1-27-25(34)22(16-7-10-18(30)11-8-16)29-24(33)20(13-15-5-3-2-4-6-15)28-23(32)17-9-12-21(31)19(26)14-17/h7-12,14-15,20,22,30-31H,2-6,13H2,1H3,(H,27,34)(H,28,32)(H,29,33)/t20-,22+/m1/s1. The molecule has 0 bridgehead atoms. The Morgan fingerprint density at radius 1 is 0.971 bits per heavy atom. The lowest BCUT2D eigenvalue weighted by molar-refractivity contribution is -0.130. The van der Waals surface area contributed by atoms with Crippen molar-refractivity contribution in [3.8, 4) is 11.5 Å². The molecule has 1 aliphatic rings. The zero-order chi connectivity index (χ0) is 24.7. The third kappa shape index (κ3) is 6.63. The Hall–Kier alpha value is -3.26. The Kier molecular flexibility index (Phi) is 8.76. The van der Waals surface area contributed by atoms with E-state index >= 15 is 0 Å². The van der Waals surface area contributed by atoms with Crippen molar-refractivity contribution in [3.05, 3.63) is 58.6 Å². The second-order valence-electron chi connectivity index (χ2n) is 8.58. The van der Waals surface area contributed by atoms with Crippen LogP contribution in [-0.2, 0) is 9.59 Å². The number of halogens is 1. The summed E-state index contributed by atoms with van der Waals surface area (Å²) in [6.07, 6.45) is 5.71. The Morgan fingerprint density at radius 2 is 1.65 bits per heavy atom. The van der Waals surface area contributed by atoms with Gasteiger partial charge in [0, 0.05) is 12.6 Å². The van der Waals surface area contributed by atoms with Crippen molar-refractivity contribution < 1.29 is 24.6 Å². The number of amides is 3. The summed E-state index contributed by atoms with van der Waals surface area (Å²) >= 11 is 5.94. The Bertz CT molecular complexity index is 1020. The predicted octanol–water partition coefficient (Wildman–Crippen LogP) is 3.42. The number of carbonyl (C=O) groups is 3. The van der Waals surface area contributed by atoms with Crippen LogP contribution < -0.4 is 16.0 Å². The van der Waals surface area contributed by atoms with Crippen LogP contribution in [0.4, 0.5) is 0 Å². The molecule has 2 atom stereocenters. The molecule has 2 aromatic rings. The van der Waals surface area contributed by atoms with Crippen molar-refractivity contribution in [1.82, 2.24) is 16.0 Å². The van der Waals surface area contributed by atoms with E-state index in [2.05, 4.69) is 16.0 Å². The van der Waals surface area contributed by atoms with Crippen LogP contribution in [0.1, 0.15) is 60.5 Å². The van der Waals surface area contributed by atoms with E-state index in [9.17, 15) is 24.6 Å². The SMILES string of the molecule is CNC(=O)[C@@H](NC(=O)[C@@H](CC1CCCCC1)NC(=O)c1ccc(O)c(Cl)c1)c1ccc(O)cc1. The molecule has 3 rings (SSSR count). The Morgan fingerprint density at radius 3 is 2.26 bits per heavy atom. The van der Waals surface area contributed by atoms with E-state index in [0.29, 0.717) is 12.0 Å². The maximum absolute atomic E-state index is 13.4. The van der Waals surface area contributed by atoms with Gasteiger partial charge in [0.1, 0.15) is 23.6 Å². The van der Waals surface area contributed by atoms with Gasteiger partial charge in [-0.1, -0.05) is 55.8 Å². The smallest absolute Gasteiger partial charge is 0.251 e. The first-order valence-electron chi connectivity index (χ1n) is 11.4. The van der Waals surface area contributed by atoms with Crippen molar-refractivity contribution in [2.45, 2.75) is 50.6 Å².